The van der Waals surface area contributed by atoms with Gasteiger partial charge in [0, 0.05) is 12.6 Å². The Morgan fingerprint density at radius 1 is 1.21 bits per heavy atom. The molecule has 0 bridgehead atoms. The van der Waals surface area contributed by atoms with Crippen molar-refractivity contribution in [2.75, 3.05) is 26.7 Å². The second kappa shape index (κ2) is 9.57. The molecule has 0 saturated heterocycles. The molecule has 2 amide bonds. The average Bonchev–Trinajstić information content (AvgIpc) is 2.34. The number of nitrogens with one attached hydrogen (secondary N) is 2. The van der Waals surface area contributed by atoms with Gasteiger partial charge in [0.05, 0.1) is 6.54 Å². The number of hydrogen-bond donors (Lipinski definition) is 4. The number of carbonyl (C=O) groups is 2. The van der Waals surface area contributed by atoms with Crippen LogP contribution in [-0.2, 0) is 4.79 Å². The van der Waals surface area contributed by atoms with Gasteiger partial charge in [-0.05, 0) is 40.3 Å². The molecule has 4 N–H and O–H groups in total. The van der Waals surface area contributed by atoms with Gasteiger partial charge in [0.1, 0.15) is 0 Å². The highest BCUT2D eigenvalue weighted by Crippen LogP contribution is 1.97. The summed E-state index contributed by atoms with van der Waals surface area (Å²) >= 11 is 0. The lowest BCUT2D eigenvalue weighted by Crippen LogP contribution is -2.42. The van der Waals surface area contributed by atoms with Gasteiger partial charge in [-0.3, -0.25) is 0 Å². The lowest BCUT2D eigenvalue weighted by atomic mass is 10.2. The molecule has 0 saturated carbocycles. The summed E-state index contributed by atoms with van der Waals surface area (Å²) < 4.78 is 0. The Hall–Kier alpha value is -1.34. The van der Waals surface area contributed by atoms with Gasteiger partial charge in [0.25, 0.3) is 0 Å². The van der Waals surface area contributed by atoms with Crippen molar-refractivity contribution in [3.63, 3.8) is 0 Å². The molecule has 7 heteroatoms. The van der Waals surface area contributed by atoms with E-state index in [4.69, 9.17) is 10.2 Å². The maximum atomic E-state index is 11.2. The molecule has 19 heavy (non-hydrogen) atoms. The third kappa shape index (κ3) is 9.26. The van der Waals surface area contributed by atoms with Crippen molar-refractivity contribution in [1.82, 2.24) is 15.5 Å². The zero-order valence-corrected chi connectivity index (χ0v) is 11.8. The summed E-state index contributed by atoms with van der Waals surface area (Å²) in [5.41, 5.74) is 0. The molecule has 1 unspecified atom stereocenters. The fraction of sp³-hybridized carbons (Fsp3) is 0.833. The van der Waals surface area contributed by atoms with Crippen molar-refractivity contribution in [2.45, 2.75) is 38.8 Å². The van der Waals surface area contributed by atoms with E-state index in [-0.39, 0.29) is 6.54 Å². The van der Waals surface area contributed by atoms with Crippen molar-refractivity contribution in [2.24, 2.45) is 0 Å². The number of aliphatic hydroxyl groups excluding tert-OH is 1. The molecule has 0 aliphatic rings. The summed E-state index contributed by atoms with van der Waals surface area (Å²) in [6, 6.07) is 0.0475. The molecule has 0 aromatic heterocycles. The van der Waals surface area contributed by atoms with Crippen LogP contribution in [0.2, 0.25) is 0 Å². The summed E-state index contributed by atoms with van der Waals surface area (Å²) in [5.74, 6) is -1.35. The van der Waals surface area contributed by atoms with Crippen LogP contribution in [0.5, 0.6) is 0 Å². The fourth-order valence-electron chi connectivity index (χ4n) is 1.29. The predicted molar refractivity (Wildman–Crippen MR) is 72.0 cm³/mol. The first kappa shape index (κ1) is 17.7. The second-order valence-corrected chi connectivity index (χ2v) is 4.77. The number of aliphatic carboxylic acids is 1. The van der Waals surface area contributed by atoms with E-state index in [1.165, 1.54) is 0 Å². The smallest absolute Gasteiger partial charge is 0.334 e. The summed E-state index contributed by atoms with van der Waals surface area (Å²) in [6.45, 7) is 5.45. The van der Waals surface area contributed by atoms with Crippen LogP contribution in [0.15, 0.2) is 0 Å². The van der Waals surface area contributed by atoms with E-state index in [2.05, 4.69) is 36.4 Å². The third-order valence-corrected chi connectivity index (χ3v) is 2.85. The number of hydrogen-bond acceptors (Lipinski definition) is 4. The Labute approximate surface area is 114 Å². The number of carboxylic acid groups (broad SMARTS) is 1. The standard InChI is InChI=1S/C12H25N3O4/c1-9(2)15(3)7-5-4-6-13-12(19)14-8-10(16)11(17)18/h9-10,16H,4-8H2,1-3H3,(H,17,18)(H2,13,14,19). The molecule has 0 aromatic carbocycles. The molecule has 0 aliphatic heterocycles. The first-order chi connectivity index (χ1) is 8.84. The number of carbonyl (C=O) groups excluding carboxylic acids is 1. The van der Waals surface area contributed by atoms with Crippen molar-refractivity contribution < 1.29 is 19.8 Å². The topological polar surface area (TPSA) is 102 Å². The number of unbranched alkanes of at least 4 members (excludes halogenated alkanes) is 1. The number of rotatable bonds is 9. The molecule has 0 heterocycles. The van der Waals surface area contributed by atoms with Gasteiger partial charge in [0.15, 0.2) is 6.10 Å². The van der Waals surface area contributed by atoms with Gasteiger partial charge < -0.3 is 25.7 Å². The van der Waals surface area contributed by atoms with Crippen molar-refractivity contribution in [3.05, 3.63) is 0 Å². The monoisotopic (exact) mass is 275 g/mol. The minimum absolute atomic E-state index is 0.294. The number of urea groups is 1. The van der Waals surface area contributed by atoms with Crippen LogP contribution in [0.4, 0.5) is 4.79 Å². The first-order valence-electron chi connectivity index (χ1n) is 6.47. The van der Waals surface area contributed by atoms with Crippen LogP contribution in [0.3, 0.4) is 0 Å². The maximum absolute atomic E-state index is 11.2. The summed E-state index contributed by atoms with van der Waals surface area (Å²) in [5, 5.41) is 22.3. The van der Waals surface area contributed by atoms with Crippen molar-refractivity contribution >= 4 is 12.0 Å². The van der Waals surface area contributed by atoms with Crippen molar-refractivity contribution in [1.29, 1.82) is 0 Å². The Morgan fingerprint density at radius 2 is 1.84 bits per heavy atom. The van der Waals surface area contributed by atoms with Gasteiger partial charge in [-0.2, -0.15) is 0 Å². The SMILES string of the molecule is CC(C)N(C)CCCCNC(=O)NCC(O)C(=O)O. The fourth-order valence-corrected chi connectivity index (χ4v) is 1.29. The average molecular weight is 275 g/mol. The largest absolute Gasteiger partial charge is 0.479 e. The summed E-state index contributed by atoms with van der Waals surface area (Å²) in [7, 11) is 2.05. The molecule has 0 rings (SSSR count). The number of nitrogens with zero attached hydrogens (tertiary/aromatic N) is 1. The number of amides is 2. The Kier molecular flexibility index (Phi) is 8.90. The molecule has 0 fully saturated rings. The molecular weight excluding hydrogens is 250 g/mol. The van der Waals surface area contributed by atoms with Gasteiger partial charge >= 0.3 is 12.0 Å². The molecule has 7 nitrogen and oxygen atoms in total. The second-order valence-electron chi connectivity index (χ2n) is 4.77. The van der Waals surface area contributed by atoms with Crippen LogP contribution >= 0.6 is 0 Å². The van der Waals surface area contributed by atoms with E-state index in [9.17, 15) is 9.59 Å². The van der Waals surface area contributed by atoms with E-state index >= 15 is 0 Å². The zero-order valence-electron chi connectivity index (χ0n) is 11.8. The predicted octanol–water partition coefficient (Wildman–Crippen LogP) is -0.148. The maximum Gasteiger partial charge on any atom is 0.334 e. The van der Waals surface area contributed by atoms with Crippen LogP contribution < -0.4 is 10.6 Å². The number of aliphatic hydroxyl groups is 1. The van der Waals surface area contributed by atoms with Crippen LogP contribution in [0.1, 0.15) is 26.7 Å². The molecular formula is C12H25N3O4. The summed E-state index contributed by atoms with van der Waals surface area (Å²) in [6.07, 6.45) is 0.268. The van der Waals surface area contributed by atoms with E-state index in [0.717, 1.165) is 19.4 Å². The molecule has 0 aromatic rings. The highest BCUT2D eigenvalue weighted by molar-refractivity contribution is 5.76. The molecule has 112 valence electrons. The van der Waals surface area contributed by atoms with Crippen LogP contribution in [0, 0.1) is 0 Å². The zero-order chi connectivity index (χ0) is 14.8. The lowest BCUT2D eigenvalue weighted by molar-refractivity contribution is -0.146. The van der Waals surface area contributed by atoms with E-state index in [1.807, 2.05) is 0 Å². The molecule has 1 atom stereocenters. The number of carboxylic acids is 1. The van der Waals surface area contributed by atoms with E-state index < -0.39 is 18.1 Å². The van der Waals surface area contributed by atoms with Gasteiger partial charge in [-0.15, -0.1) is 0 Å². The van der Waals surface area contributed by atoms with Gasteiger partial charge in [0.2, 0.25) is 0 Å². The highest BCUT2D eigenvalue weighted by atomic mass is 16.4. The lowest BCUT2D eigenvalue weighted by Gasteiger charge is -2.20. The Bertz CT molecular complexity index is 284. The van der Waals surface area contributed by atoms with Crippen LogP contribution in [0.25, 0.3) is 0 Å². The molecule has 0 radical (unpaired) electrons. The highest BCUT2D eigenvalue weighted by Gasteiger charge is 2.13. The van der Waals surface area contributed by atoms with Crippen LogP contribution in [-0.4, -0.2) is 65.9 Å². The quantitative estimate of drug-likeness (QED) is 0.438. The van der Waals surface area contributed by atoms with Gasteiger partial charge in [-0.1, -0.05) is 0 Å². The minimum atomic E-state index is -1.56. The van der Waals surface area contributed by atoms with E-state index in [0.29, 0.717) is 12.6 Å². The van der Waals surface area contributed by atoms with E-state index in [1.54, 1.807) is 0 Å². The normalized spacial score (nSPS) is 12.5. The molecule has 0 aliphatic carbocycles. The van der Waals surface area contributed by atoms with Crippen molar-refractivity contribution in [3.8, 4) is 0 Å². The Balaban J connectivity index is 3.51. The minimum Gasteiger partial charge on any atom is -0.479 e. The third-order valence-electron chi connectivity index (χ3n) is 2.85. The Morgan fingerprint density at radius 3 is 2.37 bits per heavy atom. The first-order valence-corrected chi connectivity index (χ1v) is 6.47. The molecule has 0 spiro atoms. The summed E-state index contributed by atoms with van der Waals surface area (Å²) in [4.78, 5) is 23.8. The van der Waals surface area contributed by atoms with Gasteiger partial charge in [-0.25, -0.2) is 9.59 Å².